The molecule has 0 amide bonds. The van der Waals surface area contributed by atoms with E-state index in [1.165, 1.54) is 11.3 Å². The van der Waals surface area contributed by atoms with Crippen LogP contribution in [0.5, 0.6) is 0 Å². The first-order valence-corrected chi connectivity index (χ1v) is 8.24. The molecule has 0 N–H and O–H groups in total. The maximum Gasteiger partial charge on any atom is 0.161 e. The summed E-state index contributed by atoms with van der Waals surface area (Å²) < 4.78 is 0. The highest BCUT2D eigenvalue weighted by Gasteiger charge is 2.48. The Hall–Kier alpha value is -2.36. The van der Waals surface area contributed by atoms with E-state index in [1.54, 1.807) is 6.33 Å². The van der Waals surface area contributed by atoms with Crippen LogP contribution in [0.4, 0.5) is 17.2 Å². The summed E-state index contributed by atoms with van der Waals surface area (Å²) in [4.78, 5) is 13.7. The number of anilines is 3. The molecule has 3 atom stereocenters. The maximum absolute atomic E-state index is 4.61. The zero-order valence-corrected chi connectivity index (χ0v) is 13.8. The molecule has 0 saturated carbocycles. The van der Waals surface area contributed by atoms with Crippen molar-refractivity contribution in [2.45, 2.75) is 38.9 Å². The molecule has 2 aliphatic heterocycles. The summed E-state index contributed by atoms with van der Waals surface area (Å²) >= 11 is 0. The molecule has 4 nitrogen and oxygen atoms in total. The Morgan fingerprint density at radius 3 is 2.74 bits per heavy atom. The average Bonchev–Trinajstić information content (AvgIpc) is 2.91. The van der Waals surface area contributed by atoms with Crippen molar-refractivity contribution in [3.8, 4) is 0 Å². The van der Waals surface area contributed by atoms with E-state index >= 15 is 0 Å². The highest BCUT2D eigenvalue weighted by atomic mass is 15.5. The number of hydrogen-bond acceptors (Lipinski definition) is 4. The summed E-state index contributed by atoms with van der Waals surface area (Å²) in [5.41, 5.74) is 3.70. The van der Waals surface area contributed by atoms with Crippen LogP contribution in [-0.4, -0.2) is 22.2 Å². The lowest BCUT2D eigenvalue weighted by atomic mass is 9.80. The van der Waals surface area contributed by atoms with Gasteiger partial charge in [0.25, 0.3) is 0 Å². The SMILES string of the molecule is C=CC1c2ccccc2N2c3ncncc3N(C(C)C)C2C1C. The number of benzene rings is 1. The van der Waals surface area contributed by atoms with Gasteiger partial charge >= 0.3 is 0 Å². The van der Waals surface area contributed by atoms with Crippen molar-refractivity contribution in [3.05, 3.63) is 55.0 Å². The molecule has 0 spiro atoms. The summed E-state index contributed by atoms with van der Waals surface area (Å²) in [5.74, 6) is 1.77. The van der Waals surface area contributed by atoms with Crippen molar-refractivity contribution >= 4 is 17.2 Å². The molecule has 23 heavy (non-hydrogen) atoms. The Kier molecular flexibility index (Phi) is 3.15. The van der Waals surface area contributed by atoms with Gasteiger partial charge < -0.3 is 9.80 Å². The number of para-hydroxylation sites is 1. The number of allylic oxidation sites excluding steroid dienone is 1. The molecular weight excluding hydrogens is 284 g/mol. The molecule has 118 valence electrons. The first kappa shape index (κ1) is 14.2. The van der Waals surface area contributed by atoms with Crippen molar-refractivity contribution in [3.63, 3.8) is 0 Å². The predicted octanol–water partition coefficient (Wildman–Crippen LogP) is 4.09. The van der Waals surface area contributed by atoms with E-state index in [9.17, 15) is 0 Å². The molecule has 0 bridgehead atoms. The van der Waals surface area contributed by atoms with E-state index in [2.05, 4.69) is 77.5 Å². The van der Waals surface area contributed by atoms with Crippen LogP contribution in [0.3, 0.4) is 0 Å². The number of nitrogens with zero attached hydrogens (tertiary/aromatic N) is 4. The molecule has 4 rings (SSSR count). The summed E-state index contributed by atoms with van der Waals surface area (Å²) in [6.07, 6.45) is 5.93. The molecular formula is C19H22N4. The van der Waals surface area contributed by atoms with E-state index in [1.807, 2.05) is 6.20 Å². The van der Waals surface area contributed by atoms with Crippen molar-refractivity contribution in [2.24, 2.45) is 5.92 Å². The highest BCUT2D eigenvalue weighted by Crippen LogP contribution is 2.53. The van der Waals surface area contributed by atoms with Gasteiger partial charge in [0.1, 0.15) is 18.2 Å². The molecule has 1 aromatic heterocycles. The Morgan fingerprint density at radius 1 is 1.22 bits per heavy atom. The fraction of sp³-hybridized carbons (Fsp3) is 0.368. The number of rotatable bonds is 2. The average molecular weight is 306 g/mol. The van der Waals surface area contributed by atoms with Gasteiger partial charge in [-0.3, -0.25) is 0 Å². The van der Waals surface area contributed by atoms with Crippen LogP contribution in [0.25, 0.3) is 0 Å². The van der Waals surface area contributed by atoms with Gasteiger partial charge in [0.05, 0.1) is 6.20 Å². The lowest BCUT2D eigenvalue weighted by molar-refractivity contribution is 0.377. The van der Waals surface area contributed by atoms with Crippen LogP contribution in [0, 0.1) is 5.92 Å². The molecule has 2 aliphatic rings. The smallest absolute Gasteiger partial charge is 0.161 e. The molecule has 0 fully saturated rings. The van der Waals surface area contributed by atoms with Crippen LogP contribution in [0.15, 0.2) is 49.4 Å². The molecule has 0 aliphatic carbocycles. The standard InChI is InChI=1S/C19H22N4/c1-5-14-13(4)19-22(12(2)3)17-10-20-11-21-18(17)23(19)16-9-7-6-8-15(14)16/h5-14,19H,1H2,2-4H3. The Bertz CT molecular complexity index is 755. The summed E-state index contributed by atoms with van der Waals surface area (Å²) in [6, 6.07) is 9.01. The van der Waals surface area contributed by atoms with Gasteiger partial charge in [-0.1, -0.05) is 31.2 Å². The lowest BCUT2D eigenvalue weighted by Crippen LogP contribution is -2.52. The van der Waals surface area contributed by atoms with E-state index < -0.39 is 0 Å². The normalized spacial score (nSPS) is 25.1. The number of fused-ring (bicyclic) bond motifs is 5. The van der Waals surface area contributed by atoms with Crippen LogP contribution in [0.2, 0.25) is 0 Å². The highest BCUT2D eigenvalue weighted by molar-refractivity contribution is 5.83. The monoisotopic (exact) mass is 306 g/mol. The largest absolute Gasteiger partial charge is 0.344 e. The molecule has 0 saturated heterocycles. The second-order valence-electron chi connectivity index (χ2n) is 6.70. The fourth-order valence-corrected chi connectivity index (χ4v) is 4.20. The van der Waals surface area contributed by atoms with Crippen molar-refractivity contribution in [1.82, 2.24) is 9.97 Å². The second-order valence-corrected chi connectivity index (χ2v) is 6.70. The molecule has 3 heterocycles. The van der Waals surface area contributed by atoms with Gasteiger partial charge in [0, 0.05) is 23.6 Å². The number of hydrogen-bond donors (Lipinski definition) is 0. The van der Waals surface area contributed by atoms with E-state index in [0.29, 0.717) is 17.9 Å². The second kappa shape index (κ2) is 5.08. The van der Waals surface area contributed by atoms with Gasteiger partial charge in [0.2, 0.25) is 0 Å². The third-order valence-corrected chi connectivity index (χ3v) is 5.13. The summed E-state index contributed by atoms with van der Waals surface area (Å²) in [5, 5.41) is 0. The van der Waals surface area contributed by atoms with Crippen LogP contribution >= 0.6 is 0 Å². The van der Waals surface area contributed by atoms with Gasteiger partial charge in [-0.05, 0) is 25.5 Å². The first-order chi connectivity index (χ1) is 11.1. The van der Waals surface area contributed by atoms with E-state index in [0.717, 1.165) is 11.5 Å². The molecule has 3 unspecified atom stereocenters. The third kappa shape index (κ3) is 1.84. The van der Waals surface area contributed by atoms with Crippen LogP contribution in [0.1, 0.15) is 32.3 Å². The maximum atomic E-state index is 4.61. The number of aromatic nitrogens is 2. The predicted molar refractivity (Wildman–Crippen MR) is 94.1 cm³/mol. The van der Waals surface area contributed by atoms with E-state index in [4.69, 9.17) is 0 Å². The Morgan fingerprint density at radius 2 is 2.00 bits per heavy atom. The van der Waals surface area contributed by atoms with Gasteiger partial charge in [0.15, 0.2) is 5.82 Å². The topological polar surface area (TPSA) is 32.3 Å². The third-order valence-electron chi connectivity index (χ3n) is 5.13. The zero-order valence-electron chi connectivity index (χ0n) is 13.8. The minimum Gasteiger partial charge on any atom is -0.344 e. The van der Waals surface area contributed by atoms with Crippen LogP contribution < -0.4 is 9.80 Å². The van der Waals surface area contributed by atoms with Crippen LogP contribution in [-0.2, 0) is 0 Å². The van der Waals surface area contributed by atoms with Crippen molar-refractivity contribution in [2.75, 3.05) is 9.80 Å². The van der Waals surface area contributed by atoms with Gasteiger partial charge in [-0.25, -0.2) is 9.97 Å². The fourth-order valence-electron chi connectivity index (χ4n) is 4.20. The molecule has 2 aromatic rings. The summed E-state index contributed by atoms with van der Waals surface area (Å²) in [6.45, 7) is 10.9. The molecule has 1 aromatic carbocycles. The quantitative estimate of drug-likeness (QED) is 0.782. The van der Waals surface area contributed by atoms with Gasteiger partial charge in [-0.15, -0.1) is 6.58 Å². The summed E-state index contributed by atoms with van der Waals surface area (Å²) in [7, 11) is 0. The minimum atomic E-state index is 0.250. The zero-order chi connectivity index (χ0) is 16.1. The van der Waals surface area contributed by atoms with Crippen molar-refractivity contribution in [1.29, 1.82) is 0 Å². The first-order valence-electron chi connectivity index (χ1n) is 8.24. The molecule has 4 heteroatoms. The molecule has 0 radical (unpaired) electrons. The Balaban J connectivity index is 1.98. The minimum absolute atomic E-state index is 0.250. The lowest BCUT2D eigenvalue weighted by Gasteiger charge is -2.45. The van der Waals surface area contributed by atoms with Crippen molar-refractivity contribution < 1.29 is 0 Å². The Labute approximate surface area is 137 Å². The van der Waals surface area contributed by atoms with Gasteiger partial charge in [-0.2, -0.15) is 0 Å². The van der Waals surface area contributed by atoms with E-state index in [-0.39, 0.29) is 6.17 Å².